The maximum absolute atomic E-state index is 4.99. The number of methoxy groups -OCH3 is 1. The zero-order valence-corrected chi connectivity index (χ0v) is 9.85. The third kappa shape index (κ3) is 2.90. The first-order valence-electron chi connectivity index (χ1n) is 4.14. The average molecular weight is 217 g/mol. The second-order valence-corrected chi connectivity index (χ2v) is 4.66. The van der Waals surface area contributed by atoms with Crippen LogP contribution in [0.4, 0.5) is 5.69 Å². The predicted molar refractivity (Wildman–Crippen MR) is 61.2 cm³/mol. The molecule has 0 spiro atoms. The summed E-state index contributed by atoms with van der Waals surface area (Å²) in [7, 11) is 1.72. The monoisotopic (exact) mass is 217 g/mol. The Morgan fingerprint density at radius 2 is 2.38 bits per heavy atom. The highest BCUT2D eigenvalue weighted by Gasteiger charge is 2.06. The molecule has 0 fully saturated rings. The van der Waals surface area contributed by atoms with Crippen molar-refractivity contribution in [2.24, 2.45) is 0 Å². The van der Waals surface area contributed by atoms with E-state index in [9.17, 15) is 0 Å². The third-order valence-electron chi connectivity index (χ3n) is 1.73. The maximum atomic E-state index is 4.99. The molecule has 0 atom stereocenters. The van der Waals surface area contributed by atoms with Gasteiger partial charge in [0.2, 0.25) is 0 Å². The highest BCUT2D eigenvalue weighted by molar-refractivity contribution is 8.00. The minimum Gasteiger partial charge on any atom is -0.383 e. The molecule has 4 heteroatoms. The molecule has 0 aromatic carbocycles. The summed E-state index contributed by atoms with van der Waals surface area (Å²) in [5.74, 6) is 0. The Bertz CT molecular complexity index is 260. The lowest BCUT2D eigenvalue weighted by atomic mass is 10.3. The molecule has 1 heterocycles. The molecule has 0 aliphatic carbocycles. The van der Waals surface area contributed by atoms with Gasteiger partial charge in [-0.05, 0) is 24.1 Å². The maximum Gasteiger partial charge on any atom is 0.0830 e. The molecule has 0 saturated carbocycles. The summed E-state index contributed by atoms with van der Waals surface area (Å²) in [6, 6.07) is 0. The van der Waals surface area contributed by atoms with Gasteiger partial charge >= 0.3 is 0 Å². The zero-order valence-electron chi connectivity index (χ0n) is 8.22. The number of thiophene rings is 1. The first-order valence-corrected chi connectivity index (χ1v) is 6.25. The van der Waals surface area contributed by atoms with Crippen LogP contribution in [0.5, 0.6) is 0 Å². The van der Waals surface area contributed by atoms with Gasteiger partial charge in [0, 0.05) is 13.7 Å². The van der Waals surface area contributed by atoms with Gasteiger partial charge in [-0.1, -0.05) is 0 Å². The van der Waals surface area contributed by atoms with Gasteiger partial charge in [-0.25, -0.2) is 0 Å². The summed E-state index contributed by atoms with van der Waals surface area (Å²) in [4.78, 5) is 0. The van der Waals surface area contributed by atoms with E-state index >= 15 is 0 Å². The van der Waals surface area contributed by atoms with Crippen molar-refractivity contribution in [1.29, 1.82) is 0 Å². The lowest BCUT2D eigenvalue weighted by Gasteiger charge is -2.06. The van der Waals surface area contributed by atoms with Gasteiger partial charge < -0.3 is 10.1 Å². The quantitative estimate of drug-likeness (QED) is 0.605. The van der Waals surface area contributed by atoms with E-state index in [0.717, 1.165) is 13.2 Å². The van der Waals surface area contributed by atoms with Crippen molar-refractivity contribution in [3.05, 3.63) is 10.9 Å². The lowest BCUT2D eigenvalue weighted by Crippen LogP contribution is -2.08. The molecule has 13 heavy (non-hydrogen) atoms. The van der Waals surface area contributed by atoms with Gasteiger partial charge in [0.1, 0.15) is 0 Å². The molecular weight excluding hydrogens is 202 g/mol. The van der Waals surface area contributed by atoms with Gasteiger partial charge in [-0.2, -0.15) is 0 Å². The lowest BCUT2D eigenvalue weighted by molar-refractivity contribution is 0.210. The Hall–Kier alpha value is -0.190. The zero-order chi connectivity index (χ0) is 9.68. The molecule has 1 aromatic heterocycles. The second kappa shape index (κ2) is 5.52. The van der Waals surface area contributed by atoms with E-state index in [4.69, 9.17) is 4.74 Å². The average Bonchev–Trinajstić information content (AvgIpc) is 2.48. The van der Waals surface area contributed by atoms with E-state index in [0.29, 0.717) is 0 Å². The molecule has 0 aliphatic heterocycles. The van der Waals surface area contributed by atoms with Crippen molar-refractivity contribution in [3.63, 3.8) is 0 Å². The number of rotatable bonds is 5. The van der Waals surface area contributed by atoms with Crippen molar-refractivity contribution in [2.45, 2.75) is 11.1 Å². The first kappa shape index (κ1) is 10.9. The molecule has 2 nitrogen and oxygen atoms in total. The van der Waals surface area contributed by atoms with Crippen molar-refractivity contribution < 1.29 is 4.74 Å². The van der Waals surface area contributed by atoms with Crippen LogP contribution < -0.4 is 5.32 Å². The van der Waals surface area contributed by atoms with Gasteiger partial charge in [-0.3, -0.25) is 0 Å². The highest BCUT2D eigenvalue weighted by atomic mass is 32.2. The van der Waals surface area contributed by atoms with E-state index in [1.165, 1.54) is 15.5 Å². The van der Waals surface area contributed by atoms with Crippen molar-refractivity contribution in [3.8, 4) is 0 Å². The topological polar surface area (TPSA) is 21.3 Å². The summed E-state index contributed by atoms with van der Waals surface area (Å²) in [6.07, 6.45) is 2.10. The summed E-state index contributed by atoms with van der Waals surface area (Å²) < 4.78 is 6.34. The fourth-order valence-corrected chi connectivity index (χ4v) is 2.78. The number of anilines is 1. The molecule has 1 aromatic rings. The van der Waals surface area contributed by atoms with Gasteiger partial charge in [0.25, 0.3) is 0 Å². The van der Waals surface area contributed by atoms with Gasteiger partial charge in [-0.15, -0.1) is 23.1 Å². The van der Waals surface area contributed by atoms with Crippen molar-refractivity contribution >= 4 is 28.8 Å². The largest absolute Gasteiger partial charge is 0.383 e. The number of nitrogens with one attached hydrogen (secondary N) is 1. The third-order valence-corrected chi connectivity index (χ3v) is 3.99. The number of aryl methyl sites for hydroxylation is 1. The first-order chi connectivity index (χ1) is 6.29. The Balaban J connectivity index is 2.57. The van der Waals surface area contributed by atoms with Crippen molar-refractivity contribution in [2.75, 3.05) is 31.8 Å². The molecule has 74 valence electrons. The fraction of sp³-hybridized carbons (Fsp3) is 0.556. The van der Waals surface area contributed by atoms with Crippen molar-refractivity contribution in [1.82, 2.24) is 0 Å². The minimum atomic E-state index is 0.753. The smallest absolute Gasteiger partial charge is 0.0830 e. The molecule has 1 rings (SSSR count). The van der Waals surface area contributed by atoms with Crippen LogP contribution in [0.15, 0.2) is 9.59 Å². The summed E-state index contributed by atoms with van der Waals surface area (Å²) in [5.41, 5.74) is 2.60. The molecule has 1 N–H and O–H groups in total. The van der Waals surface area contributed by atoms with E-state index in [-0.39, 0.29) is 0 Å². The van der Waals surface area contributed by atoms with E-state index < -0.39 is 0 Å². The molecule has 0 unspecified atom stereocenters. The Labute approximate surface area is 87.7 Å². The predicted octanol–water partition coefficient (Wildman–Crippen LogP) is 2.84. The number of thioether (sulfide) groups is 1. The van der Waals surface area contributed by atoms with Crippen LogP contribution in [0.25, 0.3) is 0 Å². The van der Waals surface area contributed by atoms with E-state index in [1.54, 1.807) is 30.2 Å². The number of hydrogen-bond acceptors (Lipinski definition) is 4. The normalized spacial score (nSPS) is 10.4. The van der Waals surface area contributed by atoms with Crippen LogP contribution in [0, 0.1) is 6.92 Å². The Morgan fingerprint density at radius 1 is 1.62 bits per heavy atom. The van der Waals surface area contributed by atoms with Crippen LogP contribution in [0.3, 0.4) is 0 Å². The molecule has 0 aliphatic rings. The van der Waals surface area contributed by atoms with Crippen LogP contribution in [-0.4, -0.2) is 26.5 Å². The number of hydrogen-bond donors (Lipinski definition) is 1. The Morgan fingerprint density at radius 3 is 3.00 bits per heavy atom. The summed E-state index contributed by atoms with van der Waals surface area (Å²) in [6.45, 7) is 3.76. The Kier molecular flexibility index (Phi) is 4.62. The highest BCUT2D eigenvalue weighted by Crippen LogP contribution is 2.34. The van der Waals surface area contributed by atoms with E-state index in [1.807, 2.05) is 0 Å². The summed E-state index contributed by atoms with van der Waals surface area (Å²) in [5, 5.41) is 5.56. The van der Waals surface area contributed by atoms with Gasteiger partial charge in [0.05, 0.1) is 16.5 Å². The van der Waals surface area contributed by atoms with E-state index in [2.05, 4.69) is 23.9 Å². The van der Waals surface area contributed by atoms with Crippen LogP contribution >= 0.6 is 23.1 Å². The molecule has 0 saturated heterocycles. The summed E-state index contributed by atoms with van der Waals surface area (Å²) >= 11 is 3.58. The standard InChI is InChI=1S/C9H15NOS2/c1-7-6-13-9(12-3)8(7)10-4-5-11-2/h6,10H,4-5H2,1-3H3. The molecule has 0 bridgehead atoms. The van der Waals surface area contributed by atoms with Crippen LogP contribution in [-0.2, 0) is 4.74 Å². The van der Waals surface area contributed by atoms with Crippen LogP contribution in [0.1, 0.15) is 5.56 Å². The SMILES string of the molecule is COCCNc1c(C)csc1SC. The minimum absolute atomic E-state index is 0.753. The fourth-order valence-electron chi connectivity index (χ4n) is 1.06. The second-order valence-electron chi connectivity index (χ2n) is 2.70. The van der Waals surface area contributed by atoms with Crippen LogP contribution in [0.2, 0.25) is 0 Å². The number of ether oxygens (including phenoxy) is 1. The molecule has 0 radical (unpaired) electrons. The van der Waals surface area contributed by atoms with Gasteiger partial charge in [0.15, 0.2) is 0 Å². The molecule has 0 amide bonds. The molecular formula is C9H15NOS2.